The molecule has 0 saturated heterocycles. The second-order valence-corrected chi connectivity index (χ2v) is 4.71. The van der Waals surface area contributed by atoms with E-state index in [9.17, 15) is 9.59 Å². The Labute approximate surface area is 109 Å². The number of hydrogen-bond acceptors (Lipinski definition) is 3. The Morgan fingerprint density at radius 2 is 1.74 bits per heavy atom. The number of rotatable bonds is 0. The number of hydrogen-bond donors (Lipinski definition) is 0. The van der Waals surface area contributed by atoms with Gasteiger partial charge in [-0.05, 0) is 25.0 Å². The molecular formula is C15H10N2O2. The van der Waals surface area contributed by atoms with E-state index < -0.39 is 0 Å². The highest BCUT2D eigenvalue weighted by Gasteiger charge is 2.36. The molecule has 2 aliphatic rings. The SMILES string of the molecule is O=C1C2=CCCC=C2C(=O)c2c1nc1ccccn21. The first kappa shape index (κ1) is 10.4. The van der Waals surface area contributed by atoms with E-state index in [4.69, 9.17) is 0 Å². The molecule has 4 nitrogen and oxygen atoms in total. The summed E-state index contributed by atoms with van der Waals surface area (Å²) in [4.78, 5) is 29.3. The number of fused-ring (bicyclic) bond motifs is 4. The highest BCUT2D eigenvalue weighted by molar-refractivity contribution is 6.30. The van der Waals surface area contributed by atoms with Gasteiger partial charge in [-0.2, -0.15) is 0 Å². The molecule has 0 spiro atoms. The van der Waals surface area contributed by atoms with Crippen molar-refractivity contribution in [2.45, 2.75) is 12.8 Å². The fourth-order valence-electron chi connectivity index (χ4n) is 2.73. The predicted octanol–water partition coefficient (Wildman–Crippen LogP) is 2.36. The van der Waals surface area contributed by atoms with Gasteiger partial charge in [0.15, 0.2) is 0 Å². The second kappa shape index (κ2) is 3.51. The smallest absolute Gasteiger partial charge is 0.214 e. The van der Waals surface area contributed by atoms with Gasteiger partial charge in [0.25, 0.3) is 0 Å². The zero-order valence-corrected chi connectivity index (χ0v) is 10.1. The van der Waals surface area contributed by atoms with Crippen LogP contribution < -0.4 is 0 Å². The molecule has 0 N–H and O–H groups in total. The minimum Gasteiger partial charge on any atom is -0.296 e. The Morgan fingerprint density at radius 1 is 1.00 bits per heavy atom. The van der Waals surface area contributed by atoms with Gasteiger partial charge in [-0.25, -0.2) is 4.98 Å². The molecule has 0 amide bonds. The average Bonchev–Trinajstić information content (AvgIpc) is 2.84. The van der Waals surface area contributed by atoms with Crippen molar-refractivity contribution in [1.29, 1.82) is 0 Å². The maximum atomic E-state index is 12.5. The van der Waals surface area contributed by atoms with Gasteiger partial charge in [-0.1, -0.05) is 18.2 Å². The van der Waals surface area contributed by atoms with Crippen LogP contribution in [0.2, 0.25) is 0 Å². The fraction of sp³-hybridized carbons (Fsp3) is 0.133. The van der Waals surface area contributed by atoms with Crippen LogP contribution >= 0.6 is 0 Å². The summed E-state index contributed by atoms with van der Waals surface area (Å²) in [5.41, 5.74) is 2.36. The first-order valence-electron chi connectivity index (χ1n) is 6.24. The molecule has 19 heavy (non-hydrogen) atoms. The number of imidazole rings is 1. The minimum atomic E-state index is -0.135. The number of aromatic nitrogens is 2. The zero-order valence-electron chi connectivity index (χ0n) is 10.1. The van der Waals surface area contributed by atoms with Crippen LogP contribution in [0.3, 0.4) is 0 Å². The quantitative estimate of drug-likeness (QED) is 0.721. The van der Waals surface area contributed by atoms with Gasteiger partial charge in [0.05, 0.1) is 0 Å². The van der Waals surface area contributed by atoms with E-state index in [1.807, 2.05) is 24.3 Å². The molecule has 92 valence electrons. The summed E-state index contributed by atoms with van der Waals surface area (Å²) < 4.78 is 1.70. The van der Waals surface area contributed by atoms with Crippen molar-refractivity contribution in [3.8, 4) is 0 Å². The van der Waals surface area contributed by atoms with Crippen molar-refractivity contribution < 1.29 is 9.59 Å². The highest BCUT2D eigenvalue weighted by Crippen LogP contribution is 2.32. The summed E-state index contributed by atoms with van der Waals surface area (Å²) in [5, 5.41) is 0. The van der Waals surface area contributed by atoms with Crippen LogP contribution in [0.15, 0.2) is 47.7 Å². The topological polar surface area (TPSA) is 51.4 Å². The first-order chi connectivity index (χ1) is 9.27. The lowest BCUT2D eigenvalue weighted by molar-refractivity contribution is 0.0965. The van der Waals surface area contributed by atoms with Crippen LogP contribution in [0, 0.1) is 0 Å². The fourth-order valence-corrected chi connectivity index (χ4v) is 2.73. The van der Waals surface area contributed by atoms with Gasteiger partial charge >= 0.3 is 0 Å². The molecule has 2 aromatic rings. The van der Waals surface area contributed by atoms with Crippen LogP contribution in [0.5, 0.6) is 0 Å². The highest BCUT2D eigenvalue weighted by atomic mass is 16.1. The van der Waals surface area contributed by atoms with Gasteiger partial charge in [0.1, 0.15) is 17.0 Å². The van der Waals surface area contributed by atoms with E-state index in [0.29, 0.717) is 22.5 Å². The summed E-state index contributed by atoms with van der Waals surface area (Å²) in [6.45, 7) is 0. The number of pyridine rings is 1. The standard InChI is InChI=1S/C15H10N2O2/c18-14-9-5-1-2-6-10(9)15(19)13-12(14)16-11-7-3-4-8-17(11)13/h3-8H,1-2H2. The average molecular weight is 250 g/mol. The lowest BCUT2D eigenvalue weighted by Gasteiger charge is -2.18. The van der Waals surface area contributed by atoms with Crippen LogP contribution in [0.1, 0.15) is 33.8 Å². The first-order valence-corrected chi connectivity index (χ1v) is 6.24. The zero-order chi connectivity index (χ0) is 13.0. The van der Waals surface area contributed by atoms with Gasteiger partial charge in [0.2, 0.25) is 11.6 Å². The summed E-state index contributed by atoms with van der Waals surface area (Å²) in [7, 11) is 0. The van der Waals surface area contributed by atoms with Crippen molar-refractivity contribution in [2.75, 3.05) is 0 Å². The van der Waals surface area contributed by atoms with Crippen LogP contribution in [-0.4, -0.2) is 21.0 Å². The second-order valence-electron chi connectivity index (χ2n) is 4.71. The third kappa shape index (κ3) is 1.25. The molecule has 4 heteroatoms. The molecule has 0 aliphatic heterocycles. The summed E-state index contributed by atoms with van der Waals surface area (Å²) in [6.07, 6.45) is 7.10. The Morgan fingerprint density at radius 3 is 2.53 bits per heavy atom. The maximum Gasteiger partial charge on any atom is 0.214 e. The molecule has 0 bridgehead atoms. The summed E-state index contributed by atoms with van der Waals surface area (Å²) >= 11 is 0. The van der Waals surface area contributed by atoms with Crippen LogP contribution in [0.4, 0.5) is 0 Å². The molecule has 0 radical (unpaired) electrons. The van der Waals surface area contributed by atoms with Gasteiger partial charge in [-0.3, -0.25) is 14.0 Å². The lowest BCUT2D eigenvalue weighted by Crippen LogP contribution is -2.24. The van der Waals surface area contributed by atoms with Crippen LogP contribution in [-0.2, 0) is 0 Å². The third-order valence-electron chi connectivity index (χ3n) is 3.60. The molecular weight excluding hydrogens is 240 g/mol. The largest absolute Gasteiger partial charge is 0.296 e. The van der Waals surface area contributed by atoms with Crippen molar-refractivity contribution >= 4 is 17.2 Å². The van der Waals surface area contributed by atoms with E-state index >= 15 is 0 Å². The van der Waals surface area contributed by atoms with E-state index in [-0.39, 0.29) is 17.3 Å². The van der Waals surface area contributed by atoms with E-state index in [0.717, 1.165) is 12.8 Å². The maximum absolute atomic E-state index is 12.5. The molecule has 2 aliphatic carbocycles. The molecule has 0 saturated carbocycles. The molecule has 0 aromatic carbocycles. The van der Waals surface area contributed by atoms with Gasteiger partial charge in [0, 0.05) is 17.3 Å². The number of nitrogens with zero attached hydrogens (tertiary/aromatic N) is 2. The molecule has 0 fully saturated rings. The minimum absolute atomic E-state index is 0.0979. The van der Waals surface area contributed by atoms with Crippen molar-refractivity contribution in [2.24, 2.45) is 0 Å². The van der Waals surface area contributed by atoms with Crippen molar-refractivity contribution in [3.05, 3.63) is 59.1 Å². The number of ketones is 2. The molecule has 2 heterocycles. The van der Waals surface area contributed by atoms with E-state index in [2.05, 4.69) is 4.98 Å². The predicted molar refractivity (Wildman–Crippen MR) is 69.3 cm³/mol. The van der Waals surface area contributed by atoms with Crippen molar-refractivity contribution in [3.63, 3.8) is 0 Å². The summed E-state index contributed by atoms with van der Waals surface area (Å²) in [6, 6.07) is 5.47. The van der Waals surface area contributed by atoms with Crippen LogP contribution in [0.25, 0.3) is 5.65 Å². The molecule has 4 rings (SSSR count). The lowest BCUT2D eigenvalue weighted by atomic mass is 9.84. The molecule has 2 aromatic heterocycles. The number of allylic oxidation sites excluding steroid dienone is 4. The van der Waals surface area contributed by atoms with Crippen molar-refractivity contribution in [1.82, 2.24) is 9.38 Å². The Bertz CT molecular complexity index is 809. The Hall–Kier alpha value is -2.49. The number of carbonyl (C=O) groups excluding carboxylic acids is 2. The van der Waals surface area contributed by atoms with Gasteiger partial charge in [-0.15, -0.1) is 0 Å². The molecule has 0 atom stereocenters. The monoisotopic (exact) mass is 250 g/mol. The third-order valence-corrected chi connectivity index (χ3v) is 3.60. The Kier molecular flexibility index (Phi) is 1.93. The number of carbonyl (C=O) groups is 2. The van der Waals surface area contributed by atoms with E-state index in [1.165, 1.54) is 0 Å². The number of Topliss-reactive ketones (excluding diaryl/α,β-unsaturated/α-hetero) is 2. The normalized spacial score (nSPS) is 17.9. The van der Waals surface area contributed by atoms with E-state index in [1.54, 1.807) is 16.7 Å². The van der Waals surface area contributed by atoms with Gasteiger partial charge < -0.3 is 0 Å². The summed E-state index contributed by atoms with van der Waals surface area (Å²) in [5.74, 6) is -0.233. The molecule has 0 unspecified atom stereocenters. The Balaban J connectivity index is 2.11.